The van der Waals surface area contributed by atoms with E-state index in [2.05, 4.69) is 4.99 Å². The van der Waals surface area contributed by atoms with E-state index in [0.717, 1.165) is 16.8 Å². The Morgan fingerprint density at radius 1 is 0.760 bits per heavy atom. The van der Waals surface area contributed by atoms with Gasteiger partial charge in [0.25, 0.3) is 0 Å². The van der Waals surface area contributed by atoms with Gasteiger partial charge in [0.15, 0.2) is 0 Å². The lowest BCUT2D eigenvalue weighted by atomic mass is 10.2. The topological polar surface area (TPSA) is 38.7 Å². The number of carbonyl (C=O) groups is 1. The zero-order valence-electron chi connectivity index (χ0n) is 13.6. The average molecular weight is 327 g/mol. The number of nitrogens with zero attached hydrogens (tertiary/aromatic N) is 1. The summed E-state index contributed by atoms with van der Waals surface area (Å²) in [5.74, 6) is 0.0748. The van der Waals surface area contributed by atoms with Gasteiger partial charge in [-0.15, -0.1) is 0 Å². The predicted molar refractivity (Wildman–Crippen MR) is 101 cm³/mol. The van der Waals surface area contributed by atoms with Gasteiger partial charge in [-0.25, -0.2) is 4.79 Å². The number of hydrogen-bond acceptors (Lipinski definition) is 3. The van der Waals surface area contributed by atoms with Crippen molar-refractivity contribution in [3.63, 3.8) is 0 Å². The van der Waals surface area contributed by atoms with E-state index in [0.29, 0.717) is 5.75 Å². The van der Waals surface area contributed by atoms with Crippen LogP contribution in [-0.2, 0) is 4.79 Å². The molecule has 0 aliphatic heterocycles. The van der Waals surface area contributed by atoms with Crippen molar-refractivity contribution in [1.29, 1.82) is 0 Å². The molecule has 0 aliphatic carbocycles. The molecule has 122 valence electrons. The third kappa shape index (κ3) is 5.29. The number of hydrogen-bond donors (Lipinski definition) is 0. The molecule has 3 nitrogen and oxygen atoms in total. The van der Waals surface area contributed by atoms with E-state index in [1.807, 2.05) is 72.8 Å². The minimum Gasteiger partial charge on any atom is -0.423 e. The van der Waals surface area contributed by atoms with Gasteiger partial charge in [-0.3, -0.25) is 4.99 Å². The lowest BCUT2D eigenvalue weighted by molar-refractivity contribution is -0.128. The van der Waals surface area contributed by atoms with Crippen molar-refractivity contribution in [1.82, 2.24) is 0 Å². The van der Waals surface area contributed by atoms with Crippen LogP contribution in [0.3, 0.4) is 0 Å². The van der Waals surface area contributed by atoms with E-state index in [1.165, 1.54) is 6.08 Å². The van der Waals surface area contributed by atoms with Gasteiger partial charge in [0, 0.05) is 12.3 Å². The summed E-state index contributed by atoms with van der Waals surface area (Å²) in [5, 5.41) is 0. The van der Waals surface area contributed by atoms with E-state index >= 15 is 0 Å². The van der Waals surface area contributed by atoms with Crippen LogP contribution in [0.15, 0.2) is 96.0 Å². The van der Waals surface area contributed by atoms with Gasteiger partial charge >= 0.3 is 5.97 Å². The maximum atomic E-state index is 11.8. The number of ether oxygens (including phenoxy) is 1. The maximum Gasteiger partial charge on any atom is 0.336 e. The zero-order valence-corrected chi connectivity index (χ0v) is 13.6. The Morgan fingerprint density at radius 2 is 1.36 bits per heavy atom. The van der Waals surface area contributed by atoms with Crippen molar-refractivity contribution in [2.75, 3.05) is 0 Å². The molecule has 0 amide bonds. The van der Waals surface area contributed by atoms with Crippen molar-refractivity contribution < 1.29 is 9.53 Å². The smallest absolute Gasteiger partial charge is 0.336 e. The van der Waals surface area contributed by atoms with Gasteiger partial charge in [0.05, 0.1) is 5.69 Å². The van der Waals surface area contributed by atoms with Gasteiger partial charge in [-0.05, 0) is 41.5 Å². The highest BCUT2D eigenvalue weighted by atomic mass is 16.5. The number of benzene rings is 3. The quantitative estimate of drug-likeness (QED) is 0.284. The maximum absolute atomic E-state index is 11.8. The van der Waals surface area contributed by atoms with Crippen molar-refractivity contribution in [2.45, 2.75) is 0 Å². The Hall–Kier alpha value is -3.46. The summed E-state index contributed by atoms with van der Waals surface area (Å²) in [6, 6.07) is 26.5. The monoisotopic (exact) mass is 327 g/mol. The molecule has 0 aromatic heterocycles. The second-order valence-corrected chi connectivity index (χ2v) is 5.33. The summed E-state index contributed by atoms with van der Waals surface area (Å²) < 4.78 is 5.28. The van der Waals surface area contributed by atoms with Crippen molar-refractivity contribution in [3.05, 3.63) is 102 Å². The number of carbonyl (C=O) groups excluding carboxylic acids is 1. The van der Waals surface area contributed by atoms with Crippen LogP contribution in [-0.4, -0.2) is 12.2 Å². The number of rotatable bonds is 5. The first-order valence-electron chi connectivity index (χ1n) is 7.94. The Balaban J connectivity index is 1.58. The van der Waals surface area contributed by atoms with Gasteiger partial charge in [-0.2, -0.15) is 0 Å². The molecule has 3 rings (SSSR count). The van der Waals surface area contributed by atoms with E-state index in [1.54, 1.807) is 24.4 Å². The highest BCUT2D eigenvalue weighted by Crippen LogP contribution is 2.18. The standard InChI is InChI=1S/C22H17NO2/c24-22(16-11-18-7-3-1-4-8-18)25-21-14-12-20(13-15-21)23-17-19-9-5-2-6-10-19/h1-17H/b16-11+,23-17?. The van der Waals surface area contributed by atoms with E-state index in [-0.39, 0.29) is 0 Å². The average Bonchev–Trinajstić information content (AvgIpc) is 2.67. The molecular formula is C22H17NO2. The van der Waals surface area contributed by atoms with Crippen LogP contribution in [0.2, 0.25) is 0 Å². The molecule has 0 atom stereocenters. The molecule has 3 aromatic rings. The summed E-state index contributed by atoms with van der Waals surface area (Å²) in [6.07, 6.45) is 4.93. The van der Waals surface area contributed by atoms with E-state index in [9.17, 15) is 4.79 Å². The van der Waals surface area contributed by atoms with Gasteiger partial charge in [-0.1, -0.05) is 60.7 Å². The van der Waals surface area contributed by atoms with E-state index < -0.39 is 5.97 Å². The molecule has 0 N–H and O–H groups in total. The van der Waals surface area contributed by atoms with Crippen LogP contribution in [0.25, 0.3) is 6.08 Å². The molecule has 0 fully saturated rings. The number of aliphatic imine (C=N–C) groups is 1. The summed E-state index contributed by atoms with van der Waals surface area (Å²) >= 11 is 0. The first-order chi connectivity index (χ1) is 12.3. The van der Waals surface area contributed by atoms with Crippen molar-refractivity contribution >= 4 is 23.9 Å². The van der Waals surface area contributed by atoms with Crippen LogP contribution in [0, 0.1) is 0 Å². The van der Waals surface area contributed by atoms with Crippen LogP contribution in [0.1, 0.15) is 11.1 Å². The number of esters is 1. The Bertz CT molecular complexity index is 867. The van der Waals surface area contributed by atoms with Crippen LogP contribution in [0.5, 0.6) is 5.75 Å². The van der Waals surface area contributed by atoms with Crippen molar-refractivity contribution in [3.8, 4) is 5.75 Å². The SMILES string of the molecule is O=C(/C=C/c1ccccc1)Oc1ccc(N=Cc2ccccc2)cc1. The minimum absolute atomic E-state index is 0.413. The zero-order chi connectivity index (χ0) is 17.3. The molecule has 3 aromatic carbocycles. The molecular weight excluding hydrogens is 310 g/mol. The highest BCUT2D eigenvalue weighted by Gasteiger charge is 2.00. The second-order valence-electron chi connectivity index (χ2n) is 5.33. The molecule has 0 unspecified atom stereocenters. The lowest BCUT2D eigenvalue weighted by Crippen LogP contribution is -2.03. The molecule has 3 heteroatoms. The fourth-order valence-corrected chi connectivity index (χ4v) is 2.17. The predicted octanol–water partition coefficient (Wildman–Crippen LogP) is 5.06. The Kier molecular flexibility index (Phi) is 5.52. The normalized spacial score (nSPS) is 11.0. The van der Waals surface area contributed by atoms with Gasteiger partial charge in [0.1, 0.15) is 5.75 Å². The van der Waals surface area contributed by atoms with Crippen molar-refractivity contribution in [2.24, 2.45) is 4.99 Å². The molecule has 25 heavy (non-hydrogen) atoms. The Labute approximate surface area is 146 Å². The van der Waals surface area contributed by atoms with Crippen LogP contribution < -0.4 is 4.74 Å². The highest BCUT2D eigenvalue weighted by molar-refractivity contribution is 5.88. The minimum atomic E-state index is -0.413. The summed E-state index contributed by atoms with van der Waals surface area (Å²) in [4.78, 5) is 16.2. The molecule has 0 aliphatic rings. The first-order valence-corrected chi connectivity index (χ1v) is 7.94. The van der Waals surface area contributed by atoms with Gasteiger partial charge in [0.2, 0.25) is 0 Å². The molecule has 0 bridgehead atoms. The first kappa shape index (κ1) is 16.4. The molecule has 0 heterocycles. The molecule has 0 saturated carbocycles. The molecule has 0 radical (unpaired) electrons. The third-order valence-corrected chi connectivity index (χ3v) is 3.43. The van der Waals surface area contributed by atoms with Gasteiger partial charge < -0.3 is 4.74 Å². The lowest BCUT2D eigenvalue weighted by Gasteiger charge is -2.01. The third-order valence-electron chi connectivity index (χ3n) is 3.43. The second kappa shape index (κ2) is 8.41. The molecule has 0 spiro atoms. The summed E-state index contributed by atoms with van der Waals surface area (Å²) in [6.45, 7) is 0. The van der Waals surface area contributed by atoms with E-state index in [4.69, 9.17) is 4.74 Å². The summed E-state index contributed by atoms with van der Waals surface area (Å²) in [7, 11) is 0. The largest absolute Gasteiger partial charge is 0.423 e. The fourth-order valence-electron chi connectivity index (χ4n) is 2.17. The van der Waals surface area contributed by atoms with Crippen LogP contribution >= 0.6 is 0 Å². The molecule has 0 saturated heterocycles. The fraction of sp³-hybridized carbons (Fsp3) is 0. The van der Waals surface area contributed by atoms with Crippen LogP contribution in [0.4, 0.5) is 5.69 Å². The summed E-state index contributed by atoms with van der Waals surface area (Å²) in [5.41, 5.74) is 2.78. The Morgan fingerprint density at radius 3 is 2.00 bits per heavy atom.